The van der Waals surface area contributed by atoms with E-state index in [9.17, 15) is 9.90 Å². The Kier molecular flexibility index (Phi) is 9.19. The minimum atomic E-state index is -0.195. The third-order valence-electron chi connectivity index (χ3n) is 4.19. The molecule has 5 nitrogen and oxygen atoms in total. The molecule has 2 rings (SSSR count). The van der Waals surface area contributed by atoms with Crippen LogP contribution in [-0.4, -0.2) is 44.9 Å². The van der Waals surface area contributed by atoms with Crippen molar-refractivity contribution in [3.8, 4) is 11.6 Å². The molecule has 0 aliphatic rings. The summed E-state index contributed by atoms with van der Waals surface area (Å²) in [6.07, 6.45) is 0. The van der Waals surface area contributed by atoms with Crippen LogP contribution in [-0.2, 0) is 0 Å². The summed E-state index contributed by atoms with van der Waals surface area (Å²) in [5.74, 6) is 0.559. The Bertz CT molecular complexity index is 746. The van der Waals surface area contributed by atoms with Gasteiger partial charge in [-0.2, -0.15) is 4.98 Å². The number of aromatic hydroxyl groups is 1. The first kappa shape index (κ1) is 22.5. The van der Waals surface area contributed by atoms with Crippen molar-refractivity contribution in [1.29, 1.82) is 0 Å². The topological polar surface area (TPSA) is 58.4 Å². The summed E-state index contributed by atoms with van der Waals surface area (Å²) in [5, 5.41) is 10.8. The van der Waals surface area contributed by atoms with Crippen molar-refractivity contribution in [3.63, 3.8) is 0 Å². The van der Waals surface area contributed by atoms with E-state index in [4.69, 9.17) is 0 Å². The summed E-state index contributed by atoms with van der Waals surface area (Å²) >= 11 is 1.50. The molecule has 7 heteroatoms. The van der Waals surface area contributed by atoms with Gasteiger partial charge in [0, 0.05) is 12.3 Å². The zero-order chi connectivity index (χ0) is 18.4. The molecular weight excluding hydrogens is 370 g/mol. The lowest BCUT2D eigenvalue weighted by Gasteiger charge is -2.19. The largest absolute Gasteiger partial charge is 0.493 e. The van der Waals surface area contributed by atoms with Gasteiger partial charge in [-0.25, -0.2) is 0 Å². The summed E-state index contributed by atoms with van der Waals surface area (Å²) in [4.78, 5) is 19.7. The second-order valence-electron chi connectivity index (χ2n) is 6.14. The third-order valence-corrected chi connectivity index (χ3v) is 5.11. The van der Waals surface area contributed by atoms with E-state index in [-0.39, 0.29) is 29.8 Å². The lowest BCUT2D eigenvalue weighted by atomic mass is 10.1. The van der Waals surface area contributed by atoms with Crippen molar-refractivity contribution in [2.75, 3.05) is 25.4 Å². The van der Waals surface area contributed by atoms with Crippen molar-refractivity contribution in [3.05, 3.63) is 46.2 Å². The van der Waals surface area contributed by atoms with Crippen LogP contribution in [0.1, 0.15) is 39.2 Å². The van der Waals surface area contributed by atoms with Gasteiger partial charge in [-0.3, -0.25) is 9.36 Å². The lowest BCUT2D eigenvalue weighted by molar-refractivity contribution is 0.323. The van der Waals surface area contributed by atoms with E-state index in [1.165, 1.54) is 11.8 Å². The van der Waals surface area contributed by atoms with E-state index in [0.717, 1.165) is 31.1 Å². The highest BCUT2D eigenvalue weighted by Crippen LogP contribution is 2.26. The van der Waals surface area contributed by atoms with Crippen LogP contribution in [0.15, 0.2) is 40.3 Å². The Hall–Kier alpha value is -1.50. The number of thioether (sulfide) groups is 1. The van der Waals surface area contributed by atoms with E-state index in [0.29, 0.717) is 10.7 Å². The number of benzene rings is 1. The molecule has 0 unspecified atom stereocenters. The zero-order valence-electron chi connectivity index (χ0n) is 15.8. The van der Waals surface area contributed by atoms with Crippen LogP contribution in [0.2, 0.25) is 0 Å². The molecule has 0 amide bonds. The fourth-order valence-corrected chi connectivity index (χ4v) is 3.72. The minimum absolute atomic E-state index is 0. The van der Waals surface area contributed by atoms with E-state index in [1.54, 1.807) is 4.57 Å². The van der Waals surface area contributed by atoms with Gasteiger partial charge in [-0.15, -0.1) is 12.4 Å². The van der Waals surface area contributed by atoms with Crippen LogP contribution >= 0.6 is 24.2 Å². The average Bonchev–Trinajstić information content (AvgIpc) is 2.59. The summed E-state index contributed by atoms with van der Waals surface area (Å²) < 4.78 is 1.61. The highest BCUT2D eigenvalue weighted by Gasteiger charge is 2.20. The monoisotopic (exact) mass is 397 g/mol. The summed E-state index contributed by atoms with van der Waals surface area (Å²) in [5.41, 5.74) is 0.934. The van der Waals surface area contributed by atoms with Crippen molar-refractivity contribution in [2.45, 2.75) is 38.8 Å². The molecule has 0 atom stereocenters. The highest BCUT2D eigenvalue weighted by atomic mass is 35.5. The first-order valence-corrected chi connectivity index (χ1v) is 9.74. The fourth-order valence-electron chi connectivity index (χ4n) is 2.72. The average molecular weight is 398 g/mol. The molecule has 144 valence electrons. The van der Waals surface area contributed by atoms with Gasteiger partial charge in [-0.05, 0) is 31.1 Å². The second kappa shape index (κ2) is 10.6. The number of para-hydroxylation sites is 1. The molecule has 0 bridgehead atoms. The van der Waals surface area contributed by atoms with Gasteiger partial charge in [0.05, 0.1) is 11.3 Å². The molecule has 0 radical (unpaired) electrons. The lowest BCUT2D eigenvalue weighted by Crippen LogP contribution is -2.27. The van der Waals surface area contributed by atoms with Gasteiger partial charge in [-0.1, -0.05) is 57.7 Å². The number of aromatic nitrogens is 2. The predicted molar refractivity (Wildman–Crippen MR) is 111 cm³/mol. The maximum atomic E-state index is 13.0. The van der Waals surface area contributed by atoms with E-state index in [2.05, 4.69) is 23.7 Å². The molecule has 2 aromatic rings. The standard InChI is InChI=1S/C19H27N3O2S.ClH/c1-5-21(6-2)12-13-25-19-20-17(23)16(14(3)4)18(24)22(19)15-10-8-7-9-11-15;/h7-11,14,23H,5-6,12-13H2,1-4H3;1H. The van der Waals surface area contributed by atoms with E-state index >= 15 is 0 Å². The zero-order valence-corrected chi connectivity index (χ0v) is 17.4. The van der Waals surface area contributed by atoms with Crippen LogP contribution in [0.5, 0.6) is 5.88 Å². The Balaban J connectivity index is 0.00000338. The minimum Gasteiger partial charge on any atom is -0.493 e. The molecule has 1 heterocycles. The SMILES string of the molecule is CCN(CC)CCSc1nc(O)c(C(C)C)c(=O)n1-c1ccccc1.Cl. The second-order valence-corrected chi connectivity index (χ2v) is 7.20. The van der Waals surface area contributed by atoms with Gasteiger partial charge in [0.25, 0.3) is 5.56 Å². The quantitative estimate of drug-likeness (QED) is 0.540. The van der Waals surface area contributed by atoms with Gasteiger partial charge in [0.1, 0.15) is 0 Å². The molecular formula is C19H28ClN3O2S. The van der Waals surface area contributed by atoms with Crippen molar-refractivity contribution >= 4 is 24.2 Å². The Labute approximate surface area is 165 Å². The van der Waals surface area contributed by atoms with Crippen molar-refractivity contribution in [2.24, 2.45) is 0 Å². The number of rotatable bonds is 8. The Morgan fingerprint density at radius 3 is 2.35 bits per heavy atom. The number of halogens is 1. The summed E-state index contributed by atoms with van der Waals surface area (Å²) in [6, 6.07) is 9.48. The molecule has 0 spiro atoms. The van der Waals surface area contributed by atoms with E-state index < -0.39 is 0 Å². The van der Waals surface area contributed by atoms with Crippen LogP contribution in [0.25, 0.3) is 5.69 Å². The molecule has 0 saturated heterocycles. The van der Waals surface area contributed by atoms with Crippen LogP contribution < -0.4 is 5.56 Å². The maximum Gasteiger partial charge on any atom is 0.266 e. The van der Waals surface area contributed by atoms with Gasteiger partial charge in [0.15, 0.2) is 5.16 Å². The van der Waals surface area contributed by atoms with Gasteiger partial charge < -0.3 is 10.0 Å². The van der Waals surface area contributed by atoms with Crippen molar-refractivity contribution in [1.82, 2.24) is 14.5 Å². The first-order chi connectivity index (χ1) is 12.0. The van der Waals surface area contributed by atoms with Crippen LogP contribution in [0.4, 0.5) is 0 Å². The van der Waals surface area contributed by atoms with Gasteiger partial charge in [0.2, 0.25) is 5.88 Å². The summed E-state index contributed by atoms with van der Waals surface area (Å²) in [6.45, 7) is 10.9. The van der Waals surface area contributed by atoms with Crippen LogP contribution in [0, 0.1) is 0 Å². The summed E-state index contributed by atoms with van der Waals surface area (Å²) in [7, 11) is 0. The Morgan fingerprint density at radius 1 is 1.19 bits per heavy atom. The molecule has 0 fully saturated rings. The maximum absolute atomic E-state index is 13.0. The number of hydrogen-bond acceptors (Lipinski definition) is 5. The van der Waals surface area contributed by atoms with Gasteiger partial charge >= 0.3 is 0 Å². The molecule has 1 aromatic carbocycles. The molecule has 0 saturated carbocycles. The number of nitrogens with zero attached hydrogens (tertiary/aromatic N) is 3. The highest BCUT2D eigenvalue weighted by molar-refractivity contribution is 7.99. The van der Waals surface area contributed by atoms with Crippen LogP contribution in [0.3, 0.4) is 0 Å². The van der Waals surface area contributed by atoms with E-state index in [1.807, 2.05) is 44.2 Å². The molecule has 0 aliphatic carbocycles. The molecule has 0 aliphatic heterocycles. The molecule has 1 aromatic heterocycles. The smallest absolute Gasteiger partial charge is 0.266 e. The predicted octanol–water partition coefficient (Wildman–Crippen LogP) is 3.92. The van der Waals surface area contributed by atoms with Crippen molar-refractivity contribution < 1.29 is 5.11 Å². The Morgan fingerprint density at radius 2 is 1.81 bits per heavy atom. The fraction of sp³-hybridized carbons (Fsp3) is 0.474. The molecule has 26 heavy (non-hydrogen) atoms. The third kappa shape index (κ3) is 5.25. The normalized spacial score (nSPS) is 11.0. The number of hydrogen-bond donors (Lipinski definition) is 1. The first-order valence-electron chi connectivity index (χ1n) is 8.76. The molecule has 1 N–H and O–H groups in total.